The lowest BCUT2D eigenvalue weighted by molar-refractivity contribution is -0.137. The fourth-order valence-corrected chi connectivity index (χ4v) is 2.77. The molecule has 1 unspecified atom stereocenters. The summed E-state index contributed by atoms with van der Waals surface area (Å²) in [6, 6.07) is 10.5. The van der Waals surface area contributed by atoms with Gasteiger partial charge < -0.3 is 9.67 Å². The number of carboxylic acids is 1. The average molecular weight is 257 g/mol. The molecule has 19 heavy (non-hydrogen) atoms. The molecule has 0 saturated heterocycles. The van der Waals surface area contributed by atoms with Crippen LogP contribution in [0.1, 0.15) is 37.8 Å². The highest BCUT2D eigenvalue weighted by molar-refractivity contribution is 5.81. The van der Waals surface area contributed by atoms with Gasteiger partial charge in [-0.1, -0.05) is 25.1 Å². The Morgan fingerprint density at radius 2 is 2.16 bits per heavy atom. The van der Waals surface area contributed by atoms with E-state index in [2.05, 4.69) is 28.8 Å². The maximum absolute atomic E-state index is 10.9. The normalized spacial score (nSPS) is 16.7. The monoisotopic (exact) mass is 257 g/mol. The molecular weight excluding hydrogens is 238 g/mol. The summed E-state index contributed by atoms with van der Waals surface area (Å²) in [5.74, 6) is 0.117. The van der Waals surface area contributed by atoms with Crippen molar-refractivity contribution in [3.8, 4) is 0 Å². The van der Waals surface area contributed by atoms with Gasteiger partial charge in [0.2, 0.25) is 0 Å². The number of nitrogens with zero attached hydrogens (tertiary/aromatic N) is 1. The van der Waals surface area contributed by atoms with Crippen LogP contribution in [-0.2, 0) is 11.3 Å². The third kappa shape index (κ3) is 2.50. The second-order valence-corrected chi connectivity index (χ2v) is 5.68. The van der Waals surface area contributed by atoms with Crippen molar-refractivity contribution in [2.75, 3.05) is 0 Å². The van der Waals surface area contributed by atoms with Gasteiger partial charge in [0.15, 0.2) is 0 Å². The Balaban J connectivity index is 2.02. The van der Waals surface area contributed by atoms with Crippen LogP contribution in [0, 0.1) is 5.92 Å². The van der Waals surface area contributed by atoms with Gasteiger partial charge in [-0.3, -0.25) is 4.79 Å². The van der Waals surface area contributed by atoms with E-state index in [1.165, 1.54) is 23.7 Å². The predicted molar refractivity (Wildman–Crippen MR) is 75.3 cm³/mol. The van der Waals surface area contributed by atoms with Crippen LogP contribution in [-0.4, -0.2) is 15.6 Å². The van der Waals surface area contributed by atoms with Crippen molar-refractivity contribution in [1.82, 2.24) is 4.57 Å². The first kappa shape index (κ1) is 12.3. The number of hydrogen-bond donors (Lipinski definition) is 1. The van der Waals surface area contributed by atoms with Crippen LogP contribution in [0.3, 0.4) is 0 Å². The molecule has 0 spiro atoms. The number of carbonyl (C=O) groups is 1. The van der Waals surface area contributed by atoms with Gasteiger partial charge in [0.1, 0.15) is 0 Å². The molecule has 3 nitrogen and oxygen atoms in total. The van der Waals surface area contributed by atoms with Gasteiger partial charge >= 0.3 is 5.97 Å². The fourth-order valence-electron chi connectivity index (χ4n) is 2.77. The molecule has 3 heteroatoms. The van der Waals surface area contributed by atoms with Gasteiger partial charge in [-0.25, -0.2) is 0 Å². The average Bonchev–Trinajstić information content (AvgIpc) is 3.10. The van der Waals surface area contributed by atoms with E-state index in [0.29, 0.717) is 0 Å². The van der Waals surface area contributed by atoms with Gasteiger partial charge in [0.05, 0.1) is 6.42 Å². The van der Waals surface area contributed by atoms with Crippen molar-refractivity contribution in [2.45, 2.75) is 38.6 Å². The lowest BCUT2D eigenvalue weighted by Gasteiger charge is -2.14. The van der Waals surface area contributed by atoms with Crippen molar-refractivity contribution in [1.29, 1.82) is 0 Å². The Hall–Kier alpha value is -1.77. The van der Waals surface area contributed by atoms with Crippen LogP contribution in [0.5, 0.6) is 0 Å². The number of aromatic nitrogens is 1. The first-order valence-corrected chi connectivity index (χ1v) is 6.95. The van der Waals surface area contributed by atoms with E-state index in [-0.39, 0.29) is 12.3 Å². The summed E-state index contributed by atoms with van der Waals surface area (Å²) < 4.78 is 2.33. The molecule has 1 atom stereocenters. The molecule has 1 fully saturated rings. The first-order valence-electron chi connectivity index (χ1n) is 6.95. The summed E-state index contributed by atoms with van der Waals surface area (Å²) in [5, 5.41) is 10.2. The second kappa shape index (κ2) is 4.72. The van der Waals surface area contributed by atoms with Gasteiger partial charge in [-0.15, -0.1) is 0 Å². The summed E-state index contributed by atoms with van der Waals surface area (Å²) in [6.45, 7) is 3.04. The Kier molecular flexibility index (Phi) is 3.05. The van der Waals surface area contributed by atoms with E-state index in [0.717, 1.165) is 18.2 Å². The Bertz CT molecular complexity index is 610. The van der Waals surface area contributed by atoms with Crippen LogP contribution >= 0.6 is 0 Å². The highest BCUT2D eigenvalue weighted by atomic mass is 16.4. The first-order chi connectivity index (χ1) is 9.15. The third-order valence-corrected chi connectivity index (χ3v) is 3.97. The number of rotatable bonds is 5. The molecular formula is C16H19NO2. The number of fused-ring (bicyclic) bond motifs is 1. The molecule has 1 aliphatic rings. The number of aliphatic carboxylic acids is 1. The molecule has 1 aliphatic carbocycles. The summed E-state index contributed by atoms with van der Waals surface area (Å²) >= 11 is 0. The summed E-state index contributed by atoms with van der Waals surface area (Å²) in [5.41, 5.74) is 2.40. The highest BCUT2D eigenvalue weighted by Crippen LogP contribution is 2.35. The maximum atomic E-state index is 10.9. The van der Waals surface area contributed by atoms with Crippen LogP contribution in [0.15, 0.2) is 30.3 Å². The van der Waals surface area contributed by atoms with Gasteiger partial charge in [-0.05, 0) is 36.3 Å². The topological polar surface area (TPSA) is 42.2 Å². The molecule has 0 bridgehead atoms. The molecule has 1 aromatic heterocycles. The Morgan fingerprint density at radius 3 is 2.84 bits per heavy atom. The Labute approximate surface area is 112 Å². The fraction of sp³-hybridized carbons (Fsp3) is 0.438. The van der Waals surface area contributed by atoms with E-state index < -0.39 is 5.97 Å². The van der Waals surface area contributed by atoms with E-state index in [1.807, 2.05) is 13.0 Å². The molecule has 1 saturated carbocycles. The van der Waals surface area contributed by atoms with Crippen LogP contribution < -0.4 is 0 Å². The van der Waals surface area contributed by atoms with Crippen molar-refractivity contribution in [3.05, 3.63) is 36.0 Å². The molecule has 1 aromatic carbocycles. The van der Waals surface area contributed by atoms with Crippen LogP contribution in [0.25, 0.3) is 10.9 Å². The zero-order valence-electron chi connectivity index (χ0n) is 11.2. The lowest BCUT2D eigenvalue weighted by Crippen LogP contribution is -2.10. The minimum Gasteiger partial charge on any atom is -0.481 e. The highest BCUT2D eigenvalue weighted by Gasteiger charge is 2.25. The van der Waals surface area contributed by atoms with E-state index in [9.17, 15) is 4.79 Å². The SMILES string of the molecule is CC(CC(=O)O)c1cc2ccccc2n1CC1CC1. The number of para-hydroxylation sites is 1. The van der Waals surface area contributed by atoms with E-state index in [4.69, 9.17) is 5.11 Å². The summed E-state index contributed by atoms with van der Waals surface area (Å²) in [4.78, 5) is 10.9. The number of hydrogen-bond acceptors (Lipinski definition) is 1. The van der Waals surface area contributed by atoms with E-state index in [1.54, 1.807) is 0 Å². The van der Waals surface area contributed by atoms with Gasteiger partial charge in [0.25, 0.3) is 0 Å². The molecule has 1 heterocycles. The van der Waals surface area contributed by atoms with Gasteiger partial charge in [0, 0.05) is 23.7 Å². The molecule has 2 aromatic rings. The van der Waals surface area contributed by atoms with Gasteiger partial charge in [-0.2, -0.15) is 0 Å². The van der Waals surface area contributed by atoms with Crippen LogP contribution in [0.4, 0.5) is 0 Å². The minimum absolute atomic E-state index is 0.0589. The lowest BCUT2D eigenvalue weighted by atomic mass is 10.0. The number of carboxylic acid groups (broad SMARTS) is 1. The largest absolute Gasteiger partial charge is 0.481 e. The van der Waals surface area contributed by atoms with Crippen molar-refractivity contribution < 1.29 is 9.90 Å². The molecule has 0 aliphatic heterocycles. The minimum atomic E-state index is -0.726. The summed E-state index contributed by atoms with van der Waals surface area (Å²) in [6.07, 6.45) is 2.81. The molecule has 1 N–H and O–H groups in total. The van der Waals surface area contributed by atoms with E-state index >= 15 is 0 Å². The van der Waals surface area contributed by atoms with Crippen molar-refractivity contribution >= 4 is 16.9 Å². The van der Waals surface area contributed by atoms with Crippen molar-refractivity contribution in [2.24, 2.45) is 5.92 Å². The zero-order chi connectivity index (χ0) is 13.4. The van der Waals surface area contributed by atoms with Crippen LogP contribution in [0.2, 0.25) is 0 Å². The Morgan fingerprint density at radius 1 is 1.42 bits per heavy atom. The number of benzene rings is 1. The molecule has 0 radical (unpaired) electrons. The molecule has 100 valence electrons. The zero-order valence-corrected chi connectivity index (χ0v) is 11.2. The second-order valence-electron chi connectivity index (χ2n) is 5.68. The standard InChI is InChI=1S/C16H19NO2/c1-11(8-16(18)19)15-9-13-4-2-3-5-14(13)17(15)10-12-6-7-12/h2-5,9,11-12H,6-8,10H2,1H3,(H,18,19). The summed E-state index contributed by atoms with van der Waals surface area (Å²) in [7, 11) is 0. The predicted octanol–water partition coefficient (Wildman–Crippen LogP) is 3.63. The quantitative estimate of drug-likeness (QED) is 0.888. The maximum Gasteiger partial charge on any atom is 0.304 e. The molecule has 0 amide bonds. The van der Waals surface area contributed by atoms with Crippen molar-refractivity contribution in [3.63, 3.8) is 0 Å². The smallest absolute Gasteiger partial charge is 0.304 e. The third-order valence-electron chi connectivity index (χ3n) is 3.97. The molecule has 3 rings (SSSR count).